The number of nitrogens with two attached hydrogens (primary N) is 2. The Morgan fingerprint density at radius 3 is 2.70 bits per heavy atom. The second-order valence-corrected chi connectivity index (χ2v) is 4.30. The average molecular weight is 266 g/mol. The molecule has 0 fully saturated rings. The summed E-state index contributed by atoms with van der Waals surface area (Å²) in [6.45, 7) is 0.448. The Labute approximate surface area is 116 Å². The van der Waals surface area contributed by atoms with Crippen LogP contribution in [0.3, 0.4) is 0 Å². The summed E-state index contributed by atoms with van der Waals surface area (Å²) in [6, 6.07) is 14.3. The molecular formula is C15H14N4O. The van der Waals surface area contributed by atoms with E-state index in [2.05, 4.69) is 11.4 Å². The highest BCUT2D eigenvalue weighted by Gasteiger charge is 2.10. The van der Waals surface area contributed by atoms with Crippen LogP contribution in [-0.2, 0) is 6.54 Å². The number of nitrogen functional groups attached to an aromatic ring is 1. The Morgan fingerprint density at radius 2 is 2.00 bits per heavy atom. The maximum absolute atomic E-state index is 11.4. The van der Waals surface area contributed by atoms with Gasteiger partial charge in [-0.1, -0.05) is 18.2 Å². The number of amides is 1. The van der Waals surface area contributed by atoms with Crippen LogP contribution in [0.5, 0.6) is 0 Å². The number of benzene rings is 2. The molecule has 0 atom stereocenters. The molecule has 0 aliphatic heterocycles. The fraction of sp³-hybridized carbons (Fsp3) is 0.0667. The van der Waals surface area contributed by atoms with Gasteiger partial charge in [-0.05, 0) is 29.8 Å². The second kappa shape index (κ2) is 5.76. The predicted molar refractivity (Wildman–Crippen MR) is 77.9 cm³/mol. The monoisotopic (exact) mass is 266 g/mol. The number of primary amides is 1. The smallest absolute Gasteiger partial charge is 0.250 e. The third kappa shape index (κ3) is 2.87. The molecule has 2 aromatic rings. The number of para-hydroxylation sites is 1. The fourth-order valence-electron chi connectivity index (χ4n) is 1.91. The summed E-state index contributed by atoms with van der Waals surface area (Å²) < 4.78 is 0. The molecule has 20 heavy (non-hydrogen) atoms. The predicted octanol–water partition coefficient (Wildman–Crippen LogP) is 1.85. The summed E-state index contributed by atoms with van der Waals surface area (Å²) in [4.78, 5) is 11.4. The van der Waals surface area contributed by atoms with Gasteiger partial charge in [-0.15, -0.1) is 0 Å². The molecular weight excluding hydrogens is 252 g/mol. The van der Waals surface area contributed by atoms with Gasteiger partial charge in [0.25, 0.3) is 5.91 Å². The molecule has 5 nitrogen and oxygen atoms in total. The van der Waals surface area contributed by atoms with Crippen molar-refractivity contribution in [1.29, 1.82) is 5.26 Å². The maximum atomic E-state index is 11.4. The Hall–Kier alpha value is -3.00. The van der Waals surface area contributed by atoms with Crippen LogP contribution in [0, 0.1) is 11.3 Å². The van der Waals surface area contributed by atoms with Crippen molar-refractivity contribution in [3.63, 3.8) is 0 Å². The highest BCUT2D eigenvalue weighted by molar-refractivity contribution is 6.01. The van der Waals surface area contributed by atoms with Crippen molar-refractivity contribution in [1.82, 2.24) is 0 Å². The quantitative estimate of drug-likeness (QED) is 0.734. The summed E-state index contributed by atoms with van der Waals surface area (Å²) >= 11 is 0. The maximum Gasteiger partial charge on any atom is 0.250 e. The van der Waals surface area contributed by atoms with Gasteiger partial charge in [0.15, 0.2) is 0 Å². The molecule has 0 aliphatic rings. The first-order valence-electron chi connectivity index (χ1n) is 6.03. The van der Waals surface area contributed by atoms with Crippen LogP contribution in [0.15, 0.2) is 42.5 Å². The topological polar surface area (TPSA) is 105 Å². The molecule has 0 spiro atoms. The molecule has 0 saturated heterocycles. The Morgan fingerprint density at radius 1 is 1.25 bits per heavy atom. The van der Waals surface area contributed by atoms with E-state index in [1.807, 2.05) is 6.07 Å². The molecule has 0 radical (unpaired) electrons. The van der Waals surface area contributed by atoms with Crippen molar-refractivity contribution in [2.45, 2.75) is 6.54 Å². The standard InChI is InChI=1S/C15H14N4O/c16-8-10-3-1-4-11(7-10)9-19-14-12(15(18)20)5-2-6-13(14)17/h1-7,19H,9,17H2,(H2,18,20). The summed E-state index contributed by atoms with van der Waals surface area (Å²) in [5.41, 5.74) is 14.0. The van der Waals surface area contributed by atoms with Crippen LogP contribution in [-0.4, -0.2) is 5.91 Å². The lowest BCUT2D eigenvalue weighted by Crippen LogP contribution is -2.15. The van der Waals surface area contributed by atoms with Gasteiger partial charge >= 0.3 is 0 Å². The van der Waals surface area contributed by atoms with Gasteiger partial charge in [0.1, 0.15) is 0 Å². The van der Waals surface area contributed by atoms with Gasteiger partial charge in [-0.2, -0.15) is 5.26 Å². The van der Waals surface area contributed by atoms with Crippen LogP contribution in [0.25, 0.3) is 0 Å². The lowest BCUT2D eigenvalue weighted by Gasteiger charge is -2.12. The highest BCUT2D eigenvalue weighted by atomic mass is 16.1. The largest absolute Gasteiger partial charge is 0.397 e. The van der Waals surface area contributed by atoms with Crippen molar-refractivity contribution in [3.05, 3.63) is 59.2 Å². The molecule has 2 rings (SSSR count). The molecule has 0 aromatic heterocycles. The Balaban J connectivity index is 2.23. The van der Waals surface area contributed by atoms with E-state index in [1.54, 1.807) is 36.4 Å². The third-order valence-electron chi connectivity index (χ3n) is 2.89. The minimum atomic E-state index is -0.537. The summed E-state index contributed by atoms with van der Waals surface area (Å²) in [5.74, 6) is -0.537. The van der Waals surface area contributed by atoms with E-state index < -0.39 is 5.91 Å². The van der Waals surface area contributed by atoms with E-state index in [1.165, 1.54) is 0 Å². The summed E-state index contributed by atoms with van der Waals surface area (Å²) in [5, 5.41) is 12.0. The van der Waals surface area contributed by atoms with Crippen molar-refractivity contribution >= 4 is 17.3 Å². The molecule has 0 bridgehead atoms. The van der Waals surface area contributed by atoms with E-state index in [0.29, 0.717) is 29.0 Å². The fourth-order valence-corrected chi connectivity index (χ4v) is 1.91. The number of nitrogens with zero attached hydrogens (tertiary/aromatic N) is 1. The SMILES string of the molecule is N#Cc1cccc(CNc2c(N)cccc2C(N)=O)c1. The van der Waals surface area contributed by atoms with Crippen LogP contribution in [0.2, 0.25) is 0 Å². The number of anilines is 2. The van der Waals surface area contributed by atoms with E-state index >= 15 is 0 Å². The van der Waals surface area contributed by atoms with Gasteiger partial charge in [-0.3, -0.25) is 4.79 Å². The number of carbonyl (C=O) groups excluding carboxylic acids is 1. The van der Waals surface area contributed by atoms with E-state index in [0.717, 1.165) is 5.56 Å². The zero-order chi connectivity index (χ0) is 14.5. The zero-order valence-electron chi connectivity index (χ0n) is 10.8. The van der Waals surface area contributed by atoms with Crippen LogP contribution in [0.1, 0.15) is 21.5 Å². The van der Waals surface area contributed by atoms with Gasteiger partial charge in [0.05, 0.1) is 28.6 Å². The molecule has 0 saturated carbocycles. The molecule has 5 N–H and O–H groups in total. The molecule has 0 heterocycles. The van der Waals surface area contributed by atoms with Crippen LogP contribution < -0.4 is 16.8 Å². The van der Waals surface area contributed by atoms with Gasteiger partial charge < -0.3 is 16.8 Å². The highest BCUT2D eigenvalue weighted by Crippen LogP contribution is 2.23. The normalized spacial score (nSPS) is 9.75. The number of hydrogen-bond donors (Lipinski definition) is 3. The van der Waals surface area contributed by atoms with E-state index in [9.17, 15) is 4.79 Å². The molecule has 1 amide bonds. The number of nitrogens with one attached hydrogen (secondary N) is 1. The number of carbonyl (C=O) groups is 1. The zero-order valence-corrected chi connectivity index (χ0v) is 10.8. The van der Waals surface area contributed by atoms with Gasteiger partial charge in [-0.25, -0.2) is 0 Å². The molecule has 5 heteroatoms. The van der Waals surface area contributed by atoms with E-state index in [-0.39, 0.29) is 0 Å². The minimum absolute atomic E-state index is 0.349. The number of rotatable bonds is 4. The molecule has 100 valence electrons. The first-order chi connectivity index (χ1) is 9.61. The second-order valence-electron chi connectivity index (χ2n) is 4.30. The van der Waals surface area contributed by atoms with E-state index in [4.69, 9.17) is 16.7 Å². The third-order valence-corrected chi connectivity index (χ3v) is 2.89. The summed E-state index contributed by atoms with van der Waals surface area (Å²) in [7, 11) is 0. The Bertz CT molecular complexity index is 689. The number of hydrogen-bond acceptors (Lipinski definition) is 4. The molecule has 2 aromatic carbocycles. The first kappa shape index (κ1) is 13.4. The molecule has 0 aliphatic carbocycles. The van der Waals surface area contributed by atoms with Crippen LogP contribution in [0.4, 0.5) is 11.4 Å². The first-order valence-corrected chi connectivity index (χ1v) is 6.03. The van der Waals surface area contributed by atoms with Crippen molar-refractivity contribution in [2.24, 2.45) is 5.73 Å². The van der Waals surface area contributed by atoms with Crippen LogP contribution >= 0.6 is 0 Å². The minimum Gasteiger partial charge on any atom is -0.397 e. The van der Waals surface area contributed by atoms with Gasteiger partial charge in [0, 0.05) is 6.54 Å². The lowest BCUT2D eigenvalue weighted by atomic mass is 10.1. The average Bonchev–Trinajstić information content (AvgIpc) is 2.45. The number of nitriles is 1. The molecule has 0 unspecified atom stereocenters. The van der Waals surface area contributed by atoms with Crippen molar-refractivity contribution in [2.75, 3.05) is 11.1 Å². The van der Waals surface area contributed by atoms with Gasteiger partial charge in [0.2, 0.25) is 0 Å². The summed E-state index contributed by atoms with van der Waals surface area (Å²) in [6.07, 6.45) is 0. The van der Waals surface area contributed by atoms with Crippen molar-refractivity contribution < 1.29 is 4.79 Å². The Kier molecular flexibility index (Phi) is 3.87. The van der Waals surface area contributed by atoms with Crippen molar-refractivity contribution in [3.8, 4) is 6.07 Å². The lowest BCUT2D eigenvalue weighted by molar-refractivity contribution is 0.100.